The molecule has 3 rings (SSSR count). The van der Waals surface area contributed by atoms with Crippen molar-refractivity contribution in [1.82, 2.24) is 25.2 Å². The number of aldehydes is 1. The Labute approximate surface area is 116 Å². The summed E-state index contributed by atoms with van der Waals surface area (Å²) in [5.41, 5.74) is 1.03. The molecule has 0 radical (unpaired) electrons. The molecule has 0 N–H and O–H groups in total. The minimum Gasteiger partial charge on any atom is -0.296 e. The number of carbonyl (C=O) groups excluding carboxylic acids is 1. The van der Waals surface area contributed by atoms with Gasteiger partial charge in [0.2, 0.25) is 5.13 Å². The number of hydrogen-bond donors (Lipinski definition) is 0. The second kappa shape index (κ2) is 4.89. The third-order valence-corrected chi connectivity index (χ3v) is 3.42. The van der Waals surface area contributed by atoms with E-state index in [-0.39, 0.29) is 5.69 Å². The Kier molecular flexibility index (Phi) is 3.07. The predicted octanol–water partition coefficient (Wildman–Crippen LogP) is 2.05. The van der Waals surface area contributed by atoms with Crippen LogP contribution in [0.1, 0.15) is 15.5 Å². The van der Waals surface area contributed by atoms with Gasteiger partial charge in [-0.05, 0) is 19.1 Å². The third-order valence-electron chi connectivity index (χ3n) is 2.60. The fourth-order valence-electron chi connectivity index (χ4n) is 1.78. The van der Waals surface area contributed by atoms with Crippen LogP contribution in [0.5, 0.6) is 0 Å². The molecule has 0 aliphatic heterocycles. The van der Waals surface area contributed by atoms with Crippen molar-refractivity contribution in [2.24, 2.45) is 0 Å². The number of aromatic nitrogens is 5. The molecule has 0 unspecified atom stereocenters. The highest BCUT2D eigenvalue weighted by molar-refractivity contribution is 7.13. The lowest BCUT2D eigenvalue weighted by Crippen LogP contribution is -2.00. The Morgan fingerprint density at radius 2 is 2.15 bits per heavy atom. The van der Waals surface area contributed by atoms with Crippen LogP contribution >= 0.6 is 11.3 Å². The van der Waals surface area contributed by atoms with E-state index in [1.165, 1.54) is 28.2 Å². The lowest BCUT2D eigenvalue weighted by atomic mass is 10.1. The molecule has 0 spiro atoms. The summed E-state index contributed by atoms with van der Waals surface area (Å²) in [6.45, 7) is 1.81. The predicted molar refractivity (Wildman–Crippen MR) is 70.3 cm³/mol. The number of benzene rings is 1. The van der Waals surface area contributed by atoms with E-state index in [1.54, 1.807) is 19.1 Å². The lowest BCUT2D eigenvalue weighted by Gasteiger charge is -2.03. The molecule has 8 heteroatoms. The standard InChI is InChI=1S/C12H8FN5OS/c1-7-14-16-12(20-7)18-11(10(6-19)15-17-18)8-3-2-4-9(13)5-8/h2-6H,1H3. The van der Waals surface area contributed by atoms with Gasteiger partial charge in [-0.15, -0.1) is 15.3 Å². The summed E-state index contributed by atoms with van der Waals surface area (Å²) in [6.07, 6.45) is 0.581. The fraction of sp³-hybridized carbons (Fsp3) is 0.0833. The van der Waals surface area contributed by atoms with Crippen molar-refractivity contribution in [2.75, 3.05) is 0 Å². The van der Waals surface area contributed by atoms with Crippen LogP contribution in [0.2, 0.25) is 0 Å². The van der Waals surface area contributed by atoms with Crippen molar-refractivity contribution in [3.05, 3.63) is 40.8 Å². The first kappa shape index (κ1) is 12.5. The molecule has 3 aromatic rings. The van der Waals surface area contributed by atoms with Crippen molar-refractivity contribution in [3.63, 3.8) is 0 Å². The van der Waals surface area contributed by atoms with E-state index in [0.717, 1.165) is 5.01 Å². The van der Waals surface area contributed by atoms with Crippen molar-refractivity contribution in [1.29, 1.82) is 0 Å². The van der Waals surface area contributed by atoms with Crippen LogP contribution in [0.15, 0.2) is 24.3 Å². The fourth-order valence-corrected chi connectivity index (χ4v) is 2.43. The molecule has 2 heterocycles. The van der Waals surface area contributed by atoms with E-state index in [9.17, 15) is 9.18 Å². The molecule has 0 amide bonds. The number of carbonyl (C=O) groups is 1. The van der Waals surface area contributed by atoms with E-state index in [1.807, 2.05) is 0 Å². The maximum absolute atomic E-state index is 13.4. The Morgan fingerprint density at radius 1 is 1.30 bits per heavy atom. The van der Waals surface area contributed by atoms with Crippen molar-refractivity contribution < 1.29 is 9.18 Å². The summed E-state index contributed by atoms with van der Waals surface area (Å²) in [7, 11) is 0. The number of rotatable bonds is 3. The van der Waals surface area contributed by atoms with Crippen LogP contribution in [-0.4, -0.2) is 31.5 Å². The van der Waals surface area contributed by atoms with Gasteiger partial charge in [-0.1, -0.05) is 28.7 Å². The molecule has 0 atom stereocenters. The minimum atomic E-state index is -0.402. The molecule has 0 aliphatic carbocycles. The Balaban J connectivity index is 2.23. The van der Waals surface area contributed by atoms with Crippen LogP contribution in [0.3, 0.4) is 0 Å². The molecule has 1 aromatic carbocycles. The van der Waals surface area contributed by atoms with E-state index in [2.05, 4.69) is 20.5 Å². The highest BCUT2D eigenvalue weighted by atomic mass is 32.1. The largest absolute Gasteiger partial charge is 0.296 e. The van der Waals surface area contributed by atoms with Gasteiger partial charge in [0, 0.05) is 5.56 Å². The van der Waals surface area contributed by atoms with Gasteiger partial charge < -0.3 is 0 Å². The van der Waals surface area contributed by atoms with E-state index in [4.69, 9.17) is 0 Å². The van der Waals surface area contributed by atoms with Gasteiger partial charge in [-0.25, -0.2) is 4.39 Å². The monoisotopic (exact) mass is 289 g/mol. The first-order chi connectivity index (χ1) is 9.69. The highest BCUT2D eigenvalue weighted by Crippen LogP contribution is 2.26. The molecule has 0 aliphatic rings. The molecular formula is C12H8FN5OS. The SMILES string of the molecule is Cc1nnc(-n2nnc(C=O)c2-c2cccc(F)c2)s1. The molecule has 2 aromatic heterocycles. The molecule has 0 saturated carbocycles. The maximum atomic E-state index is 13.4. The van der Waals surface area contributed by atoms with Gasteiger partial charge >= 0.3 is 0 Å². The van der Waals surface area contributed by atoms with Crippen LogP contribution in [-0.2, 0) is 0 Å². The Morgan fingerprint density at radius 3 is 2.80 bits per heavy atom. The van der Waals surface area contributed by atoms with Crippen LogP contribution in [0, 0.1) is 12.7 Å². The van der Waals surface area contributed by atoms with Gasteiger partial charge in [0.15, 0.2) is 12.0 Å². The van der Waals surface area contributed by atoms with E-state index < -0.39 is 5.82 Å². The quantitative estimate of drug-likeness (QED) is 0.690. The number of halogens is 1. The summed E-state index contributed by atoms with van der Waals surface area (Å²) in [5, 5.41) is 16.8. The van der Waals surface area contributed by atoms with Gasteiger partial charge in [0.05, 0.1) is 0 Å². The summed E-state index contributed by atoms with van der Waals surface area (Å²) >= 11 is 1.31. The normalized spacial score (nSPS) is 10.7. The lowest BCUT2D eigenvalue weighted by molar-refractivity contribution is 0.111. The number of nitrogens with zero attached hydrogens (tertiary/aromatic N) is 5. The van der Waals surface area contributed by atoms with E-state index in [0.29, 0.717) is 22.7 Å². The molecule has 20 heavy (non-hydrogen) atoms. The molecular weight excluding hydrogens is 281 g/mol. The average Bonchev–Trinajstić information content (AvgIpc) is 3.04. The molecule has 6 nitrogen and oxygen atoms in total. The van der Waals surface area contributed by atoms with E-state index >= 15 is 0 Å². The molecule has 0 saturated heterocycles. The first-order valence-electron chi connectivity index (χ1n) is 5.66. The minimum absolute atomic E-state index is 0.128. The molecule has 100 valence electrons. The third kappa shape index (κ3) is 2.10. The van der Waals surface area contributed by atoms with Gasteiger partial charge in [0.25, 0.3) is 0 Å². The zero-order valence-corrected chi connectivity index (χ0v) is 11.1. The molecule has 0 bridgehead atoms. The topological polar surface area (TPSA) is 73.6 Å². The van der Waals surface area contributed by atoms with Crippen molar-refractivity contribution in [3.8, 4) is 16.4 Å². The zero-order valence-electron chi connectivity index (χ0n) is 10.3. The van der Waals surface area contributed by atoms with Crippen LogP contribution in [0.25, 0.3) is 16.4 Å². The van der Waals surface area contributed by atoms with Crippen molar-refractivity contribution >= 4 is 17.6 Å². The zero-order chi connectivity index (χ0) is 14.1. The van der Waals surface area contributed by atoms with Crippen molar-refractivity contribution in [2.45, 2.75) is 6.92 Å². The smallest absolute Gasteiger partial charge is 0.234 e. The summed E-state index contributed by atoms with van der Waals surface area (Å²) in [5.74, 6) is -0.402. The van der Waals surface area contributed by atoms with Gasteiger partial charge in [-0.2, -0.15) is 4.68 Å². The van der Waals surface area contributed by atoms with Gasteiger partial charge in [0.1, 0.15) is 16.5 Å². The van der Waals surface area contributed by atoms with Crippen LogP contribution < -0.4 is 0 Å². The second-order valence-electron chi connectivity index (χ2n) is 3.97. The second-order valence-corrected chi connectivity index (χ2v) is 5.13. The number of aryl methyl sites for hydroxylation is 1. The Bertz CT molecular complexity index is 782. The molecule has 0 fully saturated rings. The number of hydrogen-bond acceptors (Lipinski definition) is 6. The highest BCUT2D eigenvalue weighted by Gasteiger charge is 2.18. The summed E-state index contributed by atoms with van der Waals surface area (Å²) in [6, 6.07) is 5.88. The Hall–Kier alpha value is -2.48. The summed E-state index contributed by atoms with van der Waals surface area (Å²) < 4.78 is 14.8. The summed E-state index contributed by atoms with van der Waals surface area (Å²) in [4.78, 5) is 11.1. The maximum Gasteiger partial charge on any atom is 0.234 e. The van der Waals surface area contributed by atoms with Gasteiger partial charge in [-0.3, -0.25) is 4.79 Å². The average molecular weight is 289 g/mol. The van der Waals surface area contributed by atoms with Crippen LogP contribution in [0.4, 0.5) is 4.39 Å². The first-order valence-corrected chi connectivity index (χ1v) is 6.48.